The van der Waals surface area contributed by atoms with E-state index < -0.39 is 23.2 Å². The first-order valence-corrected chi connectivity index (χ1v) is 5.52. The van der Waals surface area contributed by atoms with Crippen molar-refractivity contribution in [2.24, 2.45) is 0 Å². The summed E-state index contributed by atoms with van der Waals surface area (Å²) in [5.41, 5.74) is -1.59. The maximum absolute atomic E-state index is 12.8. The Morgan fingerprint density at radius 3 is 2.32 bits per heavy atom. The van der Waals surface area contributed by atoms with E-state index in [1.54, 1.807) is 0 Å². The van der Waals surface area contributed by atoms with E-state index in [1.807, 2.05) is 0 Å². The lowest BCUT2D eigenvalue weighted by molar-refractivity contribution is -0.137. The van der Waals surface area contributed by atoms with Gasteiger partial charge in [0.2, 0.25) is 5.91 Å². The Morgan fingerprint density at radius 1 is 1.37 bits per heavy atom. The number of carbonyl (C=O) groups excluding carboxylic acids is 1. The van der Waals surface area contributed by atoms with Crippen molar-refractivity contribution in [3.8, 4) is 6.07 Å². The van der Waals surface area contributed by atoms with Crippen molar-refractivity contribution in [2.45, 2.75) is 20.0 Å². The summed E-state index contributed by atoms with van der Waals surface area (Å²) in [5, 5.41) is 8.67. The Balaban J connectivity index is 3.45. The van der Waals surface area contributed by atoms with E-state index in [0.717, 1.165) is 17.0 Å². The second kappa shape index (κ2) is 5.36. The Morgan fingerprint density at radius 2 is 1.95 bits per heavy atom. The molecule has 3 nitrogen and oxygen atoms in total. The lowest BCUT2D eigenvalue weighted by Crippen LogP contribution is -2.32. The second-order valence-electron chi connectivity index (χ2n) is 3.71. The number of amides is 1. The van der Waals surface area contributed by atoms with Crippen LogP contribution in [-0.4, -0.2) is 10.9 Å². The third kappa shape index (κ3) is 3.29. The average molecular weight is 286 g/mol. The molecule has 0 spiro atoms. The van der Waals surface area contributed by atoms with Crippen LogP contribution in [0.4, 0.5) is 18.9 Å². The molecule has 1 rings (SSSR count). The zero-order valence-electron chi connectivity index (χ0n) is 10.1. The Hall–Kier alpha value is -1.94. The van der Waals surface area contributed by atoms with E-state index in [4.69, 9.17) is 17.5 Å². The number of anilines is 1. The van der Waals surface area contributed by atoms with Gasteiger partial charge in [-0.05, 0) is 25.1 Å². The number of halogens is 3. The zero-order chi connectivity index (χ0) is 14.8. The third-order valence-corrected chi connectivity index (χ3v) is 2.50. The number of rotatable bonds is 1. The molecule has 0 aliphatic carbocycles. The van der Waals surface area contributed by atoms with E-state index in [0.29, 0.717) is 0 Å². The van der Waals surface area contributed by atoms with Crippen LogP contribution in [0.15, 0.2) is 18.2 Å². The first kappa shape index (κ1) is 15.1. The summed E-state index contributed by atoms with van der Waals surface area (Å²) in [7, 11) is 0. The molecule has 100 valence electrons. The van der Waals surface area contributed by atoms with Crippen LogP contribution >= 0.6 is 12.2 Å². The molecule has 0 heterocycles. The van der Waals surface area contributed by atoms with Crippen molar-refractivity contribution < 1.29 is 18.0 Å². The molecule has 1 amide bonds. The summed E-state index contributed by atoms with van der Waals surface area (Å²) in [4.78, 5) is 12.5. The lowest BCUT2D eigenvalue weighted by Gasteiger charge is -2.21. The molecule has 0 N–H and O–H groups in total. The third-order valence-electron chi connectivity index (χ3n) is 2.32. The number of hydrogen-bond donors (Lipinski definition) is 0. The quantitative estimate of drug-likeness (QED) is 0.744. The van der Waals surface area contributed by atoms with Crippen molar-refractivity contribution in [3.05, 3.63) is 29.3 Å². The van der Waals surface area contributed by atoms with Gasteiger partial charge in [-0.3, -0.25) is 9.69 Å². The van der Waals surface area contributed by atoms with E-state index in [9.17, 15) is 18.0 Å². The molecular weight excluding hydrogens is 277 g/mol. The lowest BCUT2D eigenvalue weighted by atomic mass is 10.1. The molecule has 0 aliphatic rings. The van der Waals surface area contributed by atoms with Crippen LogP contribution < -0.4 is 4.90 Å². The summed E-state index contributed by atoms with van der Waals surface area (Å²) >= 11 is 4.83. The van der Waals surface area contributed by atoms with Gasteiger partial charge < -0.3 is 0 Å². The van der Waals surface area contributed by atoms with E-state index in [1.165, 1.54) is 26.0 Å². The first-order valence-electron chi connectivity index (χ1n) is 5.11. The predicted molar refractivity (Wildman–Crippen MR) is 67.6 cm³/mol. The van der Waals surface area contributed by atoms with Crippen molar-refractivity contribution in [1.29, 1.82) is 5.26 Å². The van der Waals surface area contributed by atoms with Crippen LogP contribution in [0.5, 0.6) is 0 Å². The monoisotopic (exact) mass is 286 g/mol. The van der Waals surface area contributed by atoms with Gasteiger partial charge in [0, 0.05) is 6.92 Å². The summed E-state index contributed by atoms with van der Waals surface area (Å²) in [6.07, 6.45) is -4.67. The summed E-state index contributed by atoms with van der Waals surface area (Å²) in [5.74, 6) is -0.495. The van der Waals surface area contributed by atoms with Gasteiger partial charge in [0.05, 0.1) is 27.9 Å². The van der Waals surface area contributed by atoms with Crippen molar-refractivity contribution in [2.75, 3.05) is 4.90 Å². The predicted octanol–water partition coefficient (Wildman–Crippen LogP) is 3.28. The van der Waals surface area contributed by atoms with Gasteiger partial charge in [0.25, 0.3) is 0 Å². The number of thiocarbonyl (C=S) groups is 1. The van der Waals surface area contributed by atoms with Crippen LogP contribution in [0.1, 0.15) is 25.0 Å². The van der Waals surface area contributed by atoms with E-state index in [-0.39, 0.29) is 10.7 Å². The van der Waals surface area contributed by atoms with E-state index in [2.05, 4.69) is 0 Å². The molecule has 0 aromatic heterocycles. The number of benzene rings is 1. The Labute approximate surface area is 113 Å². The molecule has 1 aromatic carbocycles. The highest BCUT2D eigenvalue weighted by atomic mass is 32.1. The SMILES string of the molecule is CC(=O)N(C(C)=S)c1ccc(C#N)c(C(F)(F)F)c1. The van der Waals surface area contributed by atoms with Crippen LogP contribution in [0.2, 0.25) is 0 Å². The molecular formula is C12H9F3N2OS. The minimum Gasteiger partial charge on any atom is -0.275 e. The smallest absolute Gasteiger partial charge is 0.275 e. The number of alkyl halides is 3. The second-order valence-corrected chi connectivity index (χ2v) is 4.30. The largest absolute Gasteiger partial charge is 0.417 e. The highest BCUT2D eigenvalue weighted by molar-refractivity contribution is 7.80. The van der Waals surface area contributed by atoms with Gasteiger partial charge in [-0.1, -0.05) is 12.2 Å². The molecule has 0 saturated heterocycles. The Bertz CT molecular complexity index is 561. The van der Waals surface area contributed by atoms with Gasteiger partial charge >= 0.3 is 6.18 Å². The number of nitrogens with zero attached hydrogens (tertiary/aromatic N) is 2. The first-order chi connectivity index (χ1) is 8.68. The maximum atomic E-state index is 12.8. The zero-order valence-corrected chi connectivity index (χ0v) is 10.9. The van der Waals surface area contributed by atoms with Crippen molar-refractivity contribution >= 4 is 28.8 Å². The standard InChI is InChI=1S/C12H9F3N2OS/c1-7(18)17(8(2)19)10-4-3-9(6-16)11(5-10)12(13,14)15/h3-5H,1-2H3. The molecule has 1 aromatic rings. The molecule has 0 aliphatic heterocycles. The number of carbonyl (C=O) groups is 1. The van der Waals surface area contributed by atoms with Crippen LogP contribution in [-0.2, 0) is 11.0 Å². The van der Waals surface area contributed by atoms with Gasteiger partial charge in [-0.2, -0.15) is 18.4 Å². The number of nitriles is 1. The molecule has 0 unspecified atom stereocenters. The van der Waals surface area contributed by atoms with E-state index >= 15 is 0 Å². The van der Waals surface area contributed by atoms with Gasteiger partial charge in [0.15, 0.2) is 0 Å². The van der Waals surface area contributed by atoms with Crippen molar-refractivity contribution in [1.82, 2.24) is 0 Å². The normalized spacial score (nSPS) is 10.7. The van der Waals surface area contributed by atoms with Gasteiger partial charge in [-0.15, -0.1) is 0 Å². The molecule has 7 heteroatoms. The summed E-state index contributed by atoms with van der Waals surface area (Å²) in [6.45, 7) is 2.63. The highest BCUT2D eigenvalue weighted by Crippen LogP contribution is 2.34. The van der Waals surface area contributed by atoms with Crippen molar-refractivity contribution in [3.63, 3.8) is 0 Å². The fraction of sp³-hybridized carbons (Fsp3) is 0.250. The molecule has 0 radical (unpaired) electrons. The topological polar surface area (TPSA) is 44.1 Å². The summed E-state index contributed by atoms with van der Waals surface area (Å²) in [6, 6.07) is 4.49. The minimum absolute atomic E-state index is 0.00803. The van der Waals surface area contributed by atoms with Crippen LogP contribution in [0, 0.1) is 11.3 Å². The minimum atomic E-state index is -4.67. The molecule has 19 heavy (non-hydrogen) atoms. The highest BCUT2D eigenvalue weighted by Gasteiger charge is 2.34. The van der Waals surface area contributed by atoms with Gasteiger partial charge in [-0.25, -0.2) is 0 Å². The molecule has 0 bridgehead atoms. The van der Waals surface area contributed by atoms with Gasteiger partial charge in [0.1, 0.15) is 0 Å². The maximum Gasteiger partial charge on any atom is 0.417 e. The number of hydrogen-bond acceptors (Lipinski definition) is 3. The van der Waals surface area contributed by atoms with Crippen LogP contribution in [0.25, 0.3) is 0 Å². The summed E-state index contributed by atoms with van der Waals surface area (Å²) < 4.78 is 38.4. The Kier molecular flexibility index (Phi) is 4.27. The molecule has 0 atom stereocenters. The molecule has 0 saturated carbocycles. The fourth-order valence-corrected chi connectivity index (χ4v) is 1.82. The van der Waals surface area contributed by atoms with Crippen LogP contribution in [0.3, 0.4) is 0 Å². The average Bonchev–Trinajstić information content (AvgIpc) is 2.26. The fourth-order valence-electron chi connectivity index (χ4n) is 1.59. The molecule has 0 fully saturated rings.